The van der Waals surface area contributed by atoms with Gasteiger partial charge in [0.2, 0.25) is 0 Å². The second-order valence-electron chi connectivity index (χ2n) is 8.43. The third kappa shape index (κ3) is 8.09. The van der Waals surface area contributed by atoms with E-state index in [2.05, 4.69) is 34.5 Å². The number of fused-ring (bicyclic) bond motifs is 2. The molecule has 1 unspecified atom stereocenters. The molecule has 1 atom stereocenters. The summed E-state index contributed by atoms with van der Waals surface area (Å²) in [6.07, 6.45) is -7.38. The molecule has 0 amide bonds. The first kappa shape index (κ1) is 31.2. The zero-order chi connectivity index (χ0) is 30.5. The number of benzene rings is 2. The topological polar surface area (TPSA) is 135 Å². The van der Waals surface area contributed by atoms with Crippen LogP contribution < -0.4 is 9.47 Å². The van der Waals surface area contributed by atoms with Gasteiger partial charge in [-0.15, -0.1) is 11.3 Å². The minimum Gasteiger partial charge on any atom is -0.497 e. The van der Waals surface area contributed by atoms with Gasteiger partial charge in [0, 0.05) is 17.2 Å². The predicted octanol–water partition coefficient (Wildman–Crippen LogP) is 5.99. The van der Waals surface area contributed by atoms with E-state index in [-0.39, 0.29) is 5.92 Å². The molecule has 0 spiro atoms. The number of rotatable bonds is 3. The Morgan fingerprint density at radius 2 is 1.68 bits per heavy atom. The number of hydrogen-bond donors (Lipinski definition) is 3. The summed E-state index contributed by atoms with van der Waals surface area (Å²) in [6.45, 7) is 2.70. The molecule has 1 aliphatic rings. The van der Waals surface area contributed by atoms with Crippen molar-refractivity contribution in [2.75, 3.05) is 13.7 Å². The molecule has 2 aromatic heterocycles. The Morgan fingerprint density at radius 3 is 2.22 bits per heavy atom. The zero-order valence-electron chi connectivity index (χ0n) is 21.1. The summed E-state index contributed by atoms with van der Waals surface area (Å²) in [5.74, 6) is -3.44. The highest BCUT2D eigenvalue weighted by Crippen LogP contribution is 2.38. The van der Waals surface area contributed by atoms with Crippen LogP contribution >= 0.6 is 11.3 Å². The van der Waals surface area contributed by atoms with E-state index < -0.39 is 24.3 Å². The maximum atomic E-state index is 10.6. The Bertz CT molecular complexity index is 1510. The smallest absolute Gasteiger partial charge is 0.490 e. The number of nitrogens with one attached hydrogen (secondary N) is 1. The van der Waals surface area contributed by atoms with Gasteiger partial charge in [0.25, 0.3) is 0 Å². The number of aliphatic carboxylic acids is 2. The van der Waals surface area contributed by atoms with Gasteiger partial charge in [-0.05, 0) is 54.8 Å². The highest BCUT2D eigenvalue weighted by molar-refractivity contribution is 7.18. The fourth-order valence-corrected chi connectivity index (χ4v) is 4.67. The largest absolute Gasteiger partial charge is 0.497 e. The van der Waals surface area contributed by atoms with E-state index in [4.69, 9.17) is 34.3 Å². The second kappa shape index (κ2) is 12.4. The number of carboxylic acid groups (broad SMARTS) is 2. The molecule has 9 nitrogen and oxygen atoms in total. The number of alkyl halides is 6. The maximum Gasteiger partial charge on any atom is 0.490 e. The van der Waals surface area contributed by atoms with Crippen molar-refractivity contribution in [1.82, 2.24) is 15.2 Å². The lowest BCUT2D eigenvalue weighted by molar-refractivity contribution is -0.193. The number of H-pyrrole nitrogens is 1. The number of ether oxygens (including phenoxy) is 2. The van der Waals surface area contributed by atoms with E-state index >= 15 is 0 Å². The Balaban J connectivity index is 0.000000276. The van der Waals surface area contributed by atoms with E-state index in [1.807, 2.05) is 25.3 Å². The van der Waals surface area contributed by atoms with Gasteiger partial charge in [-0.2, -0.15) is 31.4 Å². The number of nitrogens with zero attached hydrogens (tertiary/aromatic N) is 2. The van der Waals surface area contributed by atoms with Gasteiger partial charge >= 0.3 is 24.3 Å². The van der Waals surface area contributed by atoms with Crippen molar-refractivity contribution in [1.29, 1.82) is 0 Å². The van der Waals surface area contributed by atoms with Gasteiger partial charge in [0.1, 0.15) is 16.5 Å². The first-order valence-corrected chi connectivity index (χ1v) is 12.2. The summed E-state index contributed by atoms with van der Waals surface area (Å²) in [5, 5.41) is 22.5. The maximum absolute atomic E-state index is 10.6. The van der Waals surface area contributed by atoms with Gasteiger partial charge in [-0.3, -0.25) is 5.10 Å². The Morgan fingerprint density at radius 1 is 1.05 bits per heavy atom. The van der Waals surface area contributed by atoms with Crippen molar-refractivity contribution in [2.24, 2.45) is 0 Å². The fourth-order valence-electron chi connectivity index (χ4n) is 3.58. The van der Waals surface area contributed by atoms with Crippen molar-refractivity contribution < 1.29 is 55.6 Å². The van der Waals surface area contributed by atoms with E-state index in [1.54, 1.807) is 18.4 Å². The highest BCUT2D eigenvalue weighted by atomic mass is 32.1. The molecule has 4 aromatic rings. The Labute approximate surface area is 231 Å². The lowest BCUT2D eigenvalue weighted by Crippen LogP contribution is -2.21. The number of thiazole rings is 1. The minimum absolute atomic E-state index is 0.265. The summed E-state index contributed by atoms with van der Waals surface area (Å²) in [7, 11) is 1.69. The standard InChI is InChI=1S/C21H19N3O2S.2C2HF3O2/c1-12-17(10-22-24-12)13-3-5-18-20(9-13)27-21(23-18)15-7-14-8-16(25-2)4-6-19(14)26-11-15;2*3-2(4,5)1(6)7/h3-6,8-10,15H,7,11H2,1-2H3,(H,22,24);2*(H,6,7). The number of aromatic amines is 1. The quantitative estimate of drug-likeness (QED) is 0.243. The summed E-state index contributed by atoms with van der Waals surface area (Å²) in [6, 6.07) is 12.4. The molecule has 2 aromatic carbocycles. The molecule has 0 aliphatic carbocycles. The van der Waals surface area contributed by atoms with Crippen LogP contribution in [0, 0.1) is 6.92 Å². The monoisotopic (exact) mass is 605 g/mol. The van der Waals surface area contributed by atoms with Crippen LogP contribution in [0.1, 0.15) is 22.2 Å². The van der Waals surface area contributed by atoms with E-state index in [0.29, 0.717) is 6.61 Å². The second-order valence-corrected chi connectivity index (χ2v) is 9.50. The van der Waals surface area contributed by atoms with Crippen molar-refractivity contribution in [3.8, 4) is 22.6 Å². The molecule has 0 bridgehead atoms. The lowest BCUT2D eigenvalue weighted by atomic mass is 9.97. The van der Waals surface area contributed by atoms with Crippen LogP contribution in [0.4, 0.5) is 26.3 Å². The van der Waals surface area contributed by atoms with Crippen LogP contribution in [0.25, 0.3) is 21.3 Å². The molecule has 16 heteroatoms. The normalized spacial score (nSPS) is 14.5. The molecule has 0 fully saturated rings. The van der Waals surface area contributed by atoms with Gasteiger partial charge in [-0.25, -0.2) is 14.6 Å². The molecular formula is C25H21F6N3O6S. The Hall–Kier alpha value is -4.34. The van der Waals surface area contributed by atoms with Crippen molar-refractivity contribution in [3.05, 3.63) is 58.9 Å². The molecule has 0 radical (unpaired) electrons. The third-order valence-electron chi connectivity index (χ3n) is 5.55. The average Bonchev–Trinajstić information content (AvgIpc) is 3.53. The molecule has 0 saturated carbocycles. The number of carboxylic acids is 2. The predicted molar refractivity (Wildman–Crippen MR) is 134 cm³/mol. The van der Waals surface area contributed by atoms with Crippen LogP contribution in [-0.2, 0) is 16.0 Å². The summed E-state index contributed by atoms with van der Waals surface area (Å²) < 4.78 is 76.0. The number of methoxy groups -OCH3 is 1. The molecule has 5 rings (SSSR count). The Kier molecular flexibility index (Phi) is 9.47. The van der Waals surface area contributed by atoms with Crippen molar-refractivity contribution >= 4 is 33.5 Å². The van der Waals surface area contributed by atoms with Crippen LogP contribution in [0.5, 0.6) is 11.5 Å². The van der Waals surface area contributed by atoms with Crippen molar-refractivity contribution in [3.63, 3.8) is 0 Å². The van der Waals surface area contributed by atoms with Crippen LogP contribution in [0.2, 0.25) is 0 Å². The van der Waals surface area contributed by atoms with Gasteiger partial charge in [0.15, 0.2) is 0 Å². The highest BCUT2D eigenvalue weighted by Gasteiger charge is 2.38. The first-order chi connectivity index (χ1) is 19.1. The lowest BCUT2D eigenvalue weighted by Gasteiger charge is -2.24. The first-order valence-electron chi connectivity index (χ1n) is 11.4. The average molecular weight is 606 g/mol. The summed E-state index contributed by atoms with van der Waals surface area (Å²) >= 11 is 1.75. The molecular weight excluding hydrogens is 584 g/mol. The number of aryl methyl sites for hydroxylation is 1. The van der Waals surface area contributed by atoms with Crippen LogP contribution in [0.3, 0.4) is 0 Å². The number of carbonyl (C=O) groups is 2. The molecule has 220 valence electrons. The summed E-state index contributed by atoms with van der Waals surface area (Å²) in [5.41, 5.74) is 5.59. The number of aromatic nitrogens is 3. The SMILES string of the molecule is COc1ccc2c(c1)CC(c1nc3ccc(-c4cn[nH]c4C)cc3s1)CO2.O=C(O)C(F)(F)F.O=C(O)C(F)(F)F. The van der Waals surface area contributed by atoms with Crippen molar-refractivity contribution in [2.45, 2.75) is 31.6 Å². The molecule has 0 saturated heterocycles. The summed E-state index contributed by atoms with van der Waals surface area (Å²) in [4.78, 5) is 22.7. The third-order valence-corrected chi connectivity index (χ3v) is 6.73. The fraction of sp³-hybridized carbons (Fsp3) is 0.280. The minimum atomic E-state index is -5.08. The number of hydrogen-bond acceptors (Lipinski definition) is 7. The zero-order valence-corrected chi connectivity index (χ0v) is 21.9. The van der Waals surface area contributed by atoms with Gasteiger partial charge in [0.05, 0.1) is 30.1 Å². The van der Waals surface area contributed by atoms with E-state index in [1.165, 1.54) is 15.8 Å². The van der Waals surface area contributed by atoms with Gasteiger partial charge in [-0.1, -0.05) is 6.07 Å². The van der Waals surface area contributed by atoms with E-state index in [9.17, 15) is 26.3 Å². The van der Waals surface area contributed by atoms with Crippen LogP contribution in [-0.4, -0.2) is 63.4 Å². The number of halogens is 6. The van der Waals surface area contributed by atoms with E-state index in [0.717, 1.165) is 39.7 Å². The molecule has 1 aliphatic heterocycles. The molecule has 3 N–H and O–H groups in total. The molecule has 41 heavy (non-hydrogen) atoms. The van der Waals surface area contributed by atoms with Gasteiger partial charge < -0.3 is 19.7 Å². The molecule has 3 heterocycles. The van der Waals surface area contributed by atoms with Crippen LogP contribution in [0.15, 0.2) is 42.6 Å².